The van der Waals surface area contributed by atoms with Gasteiger partial charge in [0.25, 0.3) is 0 Å². The number of hydrogen-bond donors (Lipinski definition) is 1. The van der Waals surface area contributed by atoms with E-state index in [1.807, 2.05) is 6.07 Å². The zero-order valence-electron chi connectivity index (χ0n) is 9.54. The molecule has 0 unspecified atom stereocenters. The van der Waals surface area contributed by atoms with E-state index in [9.17, 15) is 0 Å². The van der Waals surface area contributed by atoms with Crippen LogP contribution in [0.15, 0.2) is 31.4 Å². The third-order valence-electron chi connectivity index (χ3n) is 2.42. The van der Waals surface area contributed by atoms with Gasteiger partial charge >= 0.3 is 0 Å². The Labute approximate surface area is 107 Å². The molecule has 0 spiro atoms. The Kier molecular flexibility index (Phi) is 2.39. The smallest absolute Gasteiger partial charge is 0.177 e. The van der Waals surface area contributed by atoms with Crippen molar-refractivity contribution in [1.29, 1.82) is 5.26 Å². The maximum Gasteiger partial charge on any atom is 0.177 e. The second-order valence-electron chi connectivity index (χ2n) is 3.56. The molecule has 0 aliphatic rings. The number of hydrogen-bond acceptors (Lipinski definition) is 7. The van der Waals surface area contributed by atoms with Gasteiger partial charge in [0.05, 0.1) is 5.69 Å². The van der Waals surface area contributed by atoms with Crippen molar-refractivity contribution in [2.75, 3.05) is 5.73 Å². The predicted molar refractivity (Wildman–Crippen MR) is 63.2 cm³/mol. The van der Waals surface area contributed by atoms with Gasteiger partial charge in [-0.2, -0.15) is 15.5 Å². The normalized spacial score (nSPS) is 10.3. The molecular formula is C10H7N9. The monoisotopic (exact) mass is 253 g/mol. The van der Waals surface area contributed by atoms with Gasteiger partial charge in [0, 0.05) is 6.07 Å². The summed E-state index contributed by atoms with van der Waals surface area (Å²) < 4.78 is 2.81. The molecule has 3 rings (SSSR count). The first-order valence-corrected chi connectivity index (χ1v) is 5.20. The maximum absolute atomic E-state index is 9.15. The van der Waals surface area contributed by atoms with Gasteiger partial charge in [0.1, 0.15) is 36.9 Å². The third-order valence-corrected chi connectivity index (χ3v) is 2.42. The lowest BCUT2D eigenvalue weighted by atomic mass is 10.2. The molecule has 2 N–H and O–H groups in total. The van der Waals surface area contributed by atoms with E-state index < -0.39 is 0 Å². The molecule has 92 valence electrons. The zero-order chi connectivity index (χ0) is 13.2. The fourth-order valence-corrected chi connectivity index (χ4v) is 1.58. The van der Waals surface area contributed by atoms with E-state index in [1.165, 1.54) is 34.7 Å². The number of nitrogens with two attached hydrogens (primary N) is 1. The number of pyridine rings is 1. The van der Waals surface area contributed by atoms with Crippen LogP contribution in [0.4, 0.5) is 5.69 Å². The summed E-state index contributed by atoms with van der Waals surface area (Å²) in [6.07, 6.45) is 5.65. The van der Waals surface area contributed by atoms with Crippen molar-refractivity contribution in [3.63, 3.8) is 0 Å². The molecule has 9 nitrogen and oxygen atoms in total. The Bertz CT molecular complexity index is 736. The van der Waals surface area contributed by atoms with E-state index in [-0.39, 0.29) is 11.3 Å². The van der Waals surface area contributed by atoms with Gasteiger partial charge < -0.3 is 5.73 Å². The average Bonchev–Trinajstić information content (AvgIpc) is 3.11. The summed E-state index contributed by atoms with van der Waals surface area (Å²) in [4.78, 5) is 12.0. The molecule has 0 saturated carbocycles. The van der Waals surface area contributed by atoms with Gasteiger partial charge in [-0.15, -0.1) is 0 Å². The van der Waals surface area contributed by atoms with Crippen LogP contribution in [0.2, 0.25) is 0 Å². The molecule has 0 aliphatic carbocycles. The number of rotatable bonds is 2. The van der Waals surface area contributed by atoms with Crippen LogP contribution in [0, 0.1) is 11.3 Å². The fourth-order valence-electron chi connectivity index (χ4n) is 1.58. The van der Waals surface area contributed by atoms with Gasteiger partial charge in [0.15, 0.2) is 11.6 Å². The van der Waals surface area contributed by atoms with Gasteiger partial charge in [-0.25, -0.2) is 24.3 Å². The summed E-state index contributed by atoms with van der Waals surface area (Å²) in [5, 5.41) is 17.1. The van der Waals surface area contributed by atoms with Crippen LogP contribution in [-0.2, 0) is 0 Å². The summed E-state index contributed by atoms with van der Waals surface area (Å²) in [6, 6.07) is 3.55. The third kappa shape index (κ3) is 1.77. The lowest BCUT2D eigenvalue weighted by Crippen LogP contribution is -2.09. The zero-order valence-corrected chi connectivity index (χ0v) is 9.54. The molecule has 0 atom stereocenters. The second kappa shape index (κ2) is 4.19. The van der Waals surface area contributed by atoms with E-state index in [1.54, 1.807) is 6.07 Å². The van der Waals surface area contributed by atoms with Crippen molar-refractivity contribution in [3.05, 3.63) is 36.9 Å². The van der Waals surface area contributed by atoms with E-state index in [0.29, 0.717) is 11.6 Å². The van der Waals surface area contributed by atoms with E-state index in [4.69, 9.17) is 11.0 Å². The van der Waals surface area contributed by atoms with Crippen LogP contribution in [-0.4, -0.2) is 34.5 Å². The van der Waals surface area contributed by atoms with Gasteiger partial charge in [0.2, 0.25) is 0 Å². The standard InChI is InChI=1S/C10H7N9/c11-2-7-8(12)1-9(18-5-13-3-15-18)17-10(7)19-6-14-4-16-19/h1,3-6H,(H2,12,17). The maximum atomic E-state index is 9.15. The molecule has 0 aromatic carbocycles. The summed E-state index contributed by atoms with van der Waals surface area (Å²) in [5.41, 5.74) is 6.38. The Morgan fingerprint density at radius 2 is 1.79 bits per heavy atom. The summed E-state index contributed by atoms with van der Waals surface area (Å²) in [5.74, 6) is 0.741. The van der Waals surface area contributed by atoms with Crippen LogP contribution in [0.25, 0.3) is 11.6 Å². The SMILES string of the molecule is N#Cc1c(N)cc(-n2cncn2)nc1-n1cncn1. The minimum Gasteiger partial charge on any atom is -0.397 e. The van der Waals surface area contributed by atoms with Gasteiger partial charge in [-0.3, -0.25) is 0 Å². The fraction of sp³-hybridized carbons (Fsp3) is 0. The predicted octanol–water partition coefficient (Wildman–Crippen LogP) is -0.303. The topological polar surface area (TPSA) is 124 Å². The largest absolute Gasteiger partial charge is 0.397 e. The van der Waals surface area contributed by atoms with E-state index in [0.717, 1.165) is 0 Å². The van der Waals surface area contributed by atoms with Crippen molar-refractivity contribution in [2.24, 2.45) is 0 Å². The van der Waals surface area contributed by atoms with Crippen molar-refractivity contribution in [1.82, 2.24) is 34.5 Å². The van der Waals surface area contributed by atoms with Crippen LogP contribution in [0.1, 0.15) is 5.56 Å². The highest BCUT2D eigenvalue weighted by molar-refractivity contribution is 5.63. The highest BCUT2D eigenvalue weighted by atomic mass is 15.4. The molecule has 0 radical (unpaired) electrons. The number of nitrogens with zero attached hydrogens (tertiary/aromatic N) is 8. The summed E-state index contributed by atoms with van der Waals surface area (Å²) in [6.45, 7) is 0. The molecular weight excluding hydrogens is 246 g/mol. The number of nitrogen functional groups attached to an aromatic ring is 1. The first-order valence-electron chi connectivity index (χ1n) is 5.20. The highest BCUT2D eigenvalue weighted by Crippen LogP contribution is 2.20. The quantitative estimate of drug-likeness (QED) is 0.664. The summed E-state index contributed by atoms with van der Waals surface area (Å²) in [7, 11) is 0. The Morgan fingerprint density at radius 3 is 2.37 bits per heavy atom. The van der Waals surface area contributed by atoms with Crippen LogP contribution >= 0.6 is 0 Å². The van der Waals surface area contributed by atoms with Crippen molar-refractivity contribution >= 4 is 5.69 Å². The molecule has 0 amide bonds. The summed E-state index contributed by atoms with van der Waals surface area (Å²) >= 11 is 0. The Balaban J connectivity index is 2.25. The van der Waals surface area contributed by atoms with Crippen molar-refractivity contribution in [3.8, 4) is 17.7 Å². The van der Waals surface area contributed by atoms with E-state index in [2.05, 4.69) is 25.1 Å². The number of nitriles is 1. The lowest BCUT2D eigenvalue weighted by molar-refractivity contribution is 0.800. The molecule has 0 bridgehead atoms. The Morgan fingerprint density at radius 1 is 1.11 bits per heavy atom. The molecule has 19 heavy (non-hydrogen) atoms. The van der Waals surface area contributed by atoms with Crippen LogP contribution in [0.5, 0.6) is 0 Å². The van der Waals surface area contributed by atoms with Gasteiger partial charge in [-0.05, 0) is 0 Å². The first kappa shape index (κ1) is 10.8. The molecule has 3 aromatic heterocycles. The van der Waals surface area contributed by atoms with Crippen molar-refractivity contribution < 1.29 is 0 Å². The molecule has 9 heteroatoms. The van der Waals surface area contributed by atoms with Gasteiger partial charge in [-0.1, -0.05) is 0 Å². The van der Waals surface area contributed by atoms with Crippen LogP contribution < -0.4 is 5.73 Å². The minimum absolute atomic E-state index is 0.231. The lowest BCUT2D eigenvalue weighted by Gasteiger charge is -2.08. The van der Waals surface area contributed by atoms with E-state index >= 15 is 0 Å². The molecule has 3 heterocycles. The first-order chi connectivity index (χ1) is 9.29. The Hall–Kier alpha value is -3.28. The molecule has 0 fully saturated rings. The van der Waals surface area contributed by atoms with Crippen LogP contribution in [0.3, 0.4) is 0 Å². The minimum atomic E-state index is 0.231. The average molecular weight is 253 g/mol. The second-order valence-corrected chi connectivity index (χ2v) is 3.56. The number of anilines is 1. The molecule has 0 saturated heterocycles. The molecule has 0 aliphatic heterocycles. The highest BCUT2D eigenvalue weighted by Gasteiger charge is 2.14. The number of aromatic nitrogens is 7. The van der Waals surface area contributed by atoms with Crippen molar-refractivity contribution in [2.45, 2.75) is 0 Å². The molecule has 3 aromatic rings.